The number of rotatable bonds is 6. The van der Waals surface area contributed by atoms with Gasteiger partial charge in [-0.25, -0.2) is 0 Å². The van der Waals surface area contributed by atoms with Crippen LogP contribution >= 0.6 is 23.2 Å². The van der Waals surface area contributed by atoms with Gasteiger partial charge in [0.25, 0.3) is 0 Å². The molecule has 27 heavy (non-hydrogen) atoms. The Kier molecular flexibility index (Phi) is 4.93. The lowest BCUT2D eigenvalue weighted by atomic mass is 10.0. The van der Waals surface area contributed by atoms with Crippen molar-refractivity contribution in [3.63, 3.8) is 0 Å². The molecule has 2 saturated carbocycles. The zero-order chi connectivity index (χ0) is 18.4. The molecule has 1 aromatic carbocycles. The van der Waals surface area contributed by atoms with Gasteiger partial charge in [0, 0.05) is 23.7 Å². The Morgan fingerprint density at radius 3 is 2.48 bits per heavy atom. The van der Waals surface area contributed by atoms with Gasteiger partial charge >= 0.3 is 0 Å². The molecular formula is C21H24Cl2N2O2. The number of aromatic nitrogens is 1. The lowest BCUT2D eigenvalue weighted by molar-refractivity contribution is 0.0856. The molecule has 0 radical (unpaired) electrons. The maximum atomic E-state index is 6.42. The van der Waals surface area contributed by atoms with E-state index in [1.807, 2.05) is 18.2 Å². The molecule has 144 valence electrons. The molecule has 1 aliphatic heterocycles. The molecule has 2 heterocycles. The third-order valence-corrected chi connectivity index (χ3v) is 6.95. The number of ether oxygens (including phenoxy) is 1. The summed E-state index contributed by atoms with van der Waals surface area (Å²) < 4.78 is 11.9. The van der Waals surface area contributed by atoms with Crippen molar-refractivity contribution in [3.8, 4) is 11.3 Å². The largest absolute Gasteiger partial charge is 0.376 e. The average molecular weight is 407 g/mol. The van der Waals surface area contributed by atoms with Crippen LogP contribution in [0.2, 0.25) is 10.0 Å². The van der Waals surface area contributed by atoms with Crippen LogP contribution < -0.4 is 5.32 Å². The molecule has 2 unspecified atom stereocenters. The van der Waals surface area contributed by atoms with E-state index >= 15 is 0 Å². The monoisotopic (exact) mass is 406 g/mol. The molecule has 0 bridgehead atoms. The summed E-state index contributed by atoms with van der Waals surface area (Å²) in [5.74, 6) is 3.76. The van der Waals surface area contributed by atoms with Gasteiger partial charge in [-0.15, -0.1) is 0 Å². The molecule has 3 fully saturated rings. The van der Waals surface area contributed by atoms with E-state index in [1.54, 1.807) is 0 Å². The predicted octanol–water partition coefficient (Wildman–Crippen LogP) is 5.29. The van der Waals surface area contributed by atoms with Gasteiger partial charge < -0.3 is 14.6 Å². The van der Waals surface area contributed by atoms with Crippen LogP contribution in [0.3, 0.4) is 0 Å². The summed E-state index contributed by atoms with van der Waals surface area (Å²) in [5, 5.41) is 9.02. The number of hydrogen-bond donors (Lipinski definition) is 1. The molecule has 5 rings (SSSR count). The highest BCUT2D eigenvalue weighted by atomic mass is 35.5. The van der Waals surface area contributed by atoms with Gasteiger partial charge in [-0.1, -0.05) is 34.4 Å². The first-order valence-electron chi connectivity index (χ1n) is 9.92. The molecule has 2 aromatic rings. The fourth-order valence-corrected chi connectivity index (χ4v) is 5.38. The van der Waals surface area contributed by atoms with Crippen molar-refractivity contribution in [3.05, 3.63) is 39.6 Å². The minimum atomic E-state index is 0.461. The third-order valence-electron chi connectivity index (χ3n) is 6.32. The number of nitrogens with one attached hydrogen (secondary N) is 1. The van der Waals surface area contributed by atoms with Crippen LogP contribution in [-0.2, 0) is 11.3 Å². The highest BCUT2D eigenvalue weighted by Gasteiger charge is 2.37. The molecule has 3 aliphatic rings. The normalized spacial score (nSPS) is 27.3. The van der Waals surface area contributed by atoms with E-state index in [1.165, 1.54) is 25.9 Å². The smallest absolute Gasteiger partial charge is 0.145 e. The molecular weight excluding hydrogens is 383 g/mol. The van der Waals surface area contributed by atoms with Gasteiger partial charge in [0.05, 0.1) is 16.7 Å². The van der Waals surface area contributed by atoms with E-state index in [0.29, 0.717) is 28.5 Å². The average Bonchev–Trinajstić information content (AvgIpc) is 3.06. The molecule has 1 saturated heterocycles. The number of halogens is 2. The fraction of sp³-hybridized carbons (Fsp3) is 0.571. The number of fused-ring (bicyclic) bond motifs is 1. The van der Waals surface area contributed by atoms with Crippen LogP contribution in [0.25, 0.3) is 11.3 Å². The Bertz CT molecular complexity index is 801. The van der Waals surface area contributed by atoms with Crippen LogP contribution in [0.4, 0.5) is 0 Å². The molecule has 1 aromatic heterocycles. The van der Waals surface area contributed by atoms with E-state index in [2.05, 4.69) is 10.5 Å². The summed E-state index contributed by atoms with van der Waals surface area (Å²) >= 11 is 12.8. The minimum absolute atomic E-state index is 0.461. The summed E-state index contributed by atoms with van der Waals surface area (Å²) in [6.07, 6.45) is 4.85. The summed E-state index contributed by atoms with van der Waals surface area (Å²) in [5.41, 5.74) is 2.50. The van der Waals surface area contributed by atoms with Crippen molar-refractivity contribution in [1.82, 2.24) is 10.5 Å². The number of benzene rings is 1. The standard InChI is InChI=1S/C21H24Cl2N2O2/c22-17-2-1-3-18(23)19(17)20-16(21(27-25-20)13-4-5-13)11-26-10-12-6-14-8-24-9-15(14)7-12/h1-3,12-15,24H,4-11H2. The SMILES string of the molecule is Clc1cccc(Cl)c1-c1noc(C2CC2)c1COCC1CC2CNCC2C1. The van der Waals surface area contributed by atoms with Gasteiger partial charge in [-0.3, -0.25) is 0 Å². The van der Waals surface area contributed by atoms with Gasteiger partial charge in [0.2, 0.25) is 0 Å². The van der Waals surface area contributed by atoms with Crippen molar-refractivity contribution >= 4 is 23.2 Å². The molecule has 0 spiro atoms. The van der Waals surface area contributed by atoms with Crippen LogP contribution in [0.5, 0.6) is 0 Å². The highest BCUT2D eigenvalue weighted by molar-refractivity contribution is 6.39. The number of hydrogen-bond acceptors (Lipinski definition) is 4. The molecule has 0 amide bonds. The van der Waals surface area contributed by atoms with E-state index in [0.717, 1.165) is 53.9 Å². The zero-order valence-corrected chi connectivity index (χ0v) is 16.7. The quantitative estimate of drug-likeness (QED) is 0.707. The van der Waals surface area contributed by atoms with Crippen molar-refractivity contribution in [2.45, 2.75) is 38.2 Å². The van der Waals surface area contributed by atoms with Crippen LogP contribution in [0.1, 0.15) is 42.9 Å². The van der Waals surface area contributed by atoms with Crippen molar-refractivity contribution < 1.29 is 9.26 Å². The van der Waals surface area contributed by atoms with Gasteiger partial charge in [-0.05, 0) is 68.7 Å². The lowest BCUT2D eigenvalue weighted by Gasteiger charge is -2.13. The summed E-state index contributed by atoms with van der Waals surface area (Å²) in [7, 11) is 0. The molecule has 6 heteroatoms. The van der Waals surface area contributed by atoms with Gasteiger partial charge in [0.1, 0.15) is 11.5 Å². The first-order valence-corrected chi connectivity index (χ1v) is 10.7. The fourth-order valence-electron chi connectivity index (χ4n) is 4.80. The van der Waals surface area contributed by atoms with E-state index in [-0.39, 0.29) is 0 Å². The second-order valence-corrected chi connectivity index (χ2v) is 9.09. The third kappa shape index (κ3) is 3.53. The van der Waals surface area contributed by atoms with Crippen molar-refractivity contribution in [2.24, 2.45) is 17.8 Å². The van der Waals surface area contributed by atoms with Gasteiger partial charge in [0.15, 0.2) is 0 Å². The predicted molar refractivity (Wildman–Crippen MR) is 106 cm³/mol. The second-order valence-electron chi connectivity index (χ2n) is 8.28. The highest BCUT2D eigenvalue weighted by Crippen LogP contribution is 2.46. The van der Waals surface area contributed by atoms with Crippen LogP contribution in [0.15, 0.2) is 22.7 Å². The molecule has 1 N–H and O–H groups in total. The van der Waals surface area contributed by atoms with Crippen molar-refractivity contribution in [1.29, 1.82) is 0 Å². The van der Waals surface area contributed by atoms with E-state index in [9.17, 15) is 0 Å². The first kappa shape index (κ1) is 18.0. The van der Waals surface area contributed by atoms with Crippen LogP contribution in [-0.4, -0.2) is 24.9 Å². The van der Waals surface area contributed by atoms with E-state index in [4.69, 9.17) is 32.5 Å². The summed E-state index contributed by atoms with van der Waals surface area (Å²) in [6.45, 7) is 3.66. The molecule has 2 atom stereocenters. The topological polar surface area (TPSA) is 47.3 Å². The zero-order valence-electron chi connectivity index (χ0n) is 15.2. The maximum absolute atomic E-state index is 6.42. The first-order chi connectivity index (χ1) is 13.2. The van der Waals surface area contributed by atoms with E-state index < -0.39 is 0 Å². The molecule has 4 nitrogen and oxygen atoms in total. The Labute approximate surface area is 169 Å². The Morgan fingerprint density at radius 2 is 1.81 bits per heavy atom. The Morgan fingerprint density at radius 1 is 1.11 bits per heavy atom. The molecule has 2 aliphatic carbocycles. The van der Waals surface area contributed by atoms with Crippen LogP contribution in [0, 0.1) is 17.8 Å². The maximum Gasteiger partial charge on any atom is 0.145 e. The Balaban J connectivity index is 1.33. The Hall–Kier alpha value is -1.07. The summed E-state index contributed by atoms with van der Waals surface area (Å²) in [6, 6.07) is 5.52. The van der Waals surface area contributed by atoms with Crippen molar-refractivity contribution in [2.75, 3.05) is 19.7 Å². The minimum Gasteiger partial charge on any atom is -0.376 e. The summed E-state index contributed by atoms with van der Waals surface area (Å²) in [4.78, 5) is 0. The number of nitrogens with zero attached hydrogens (tertiary/aromatic N) is 1. The second kappa shape index (κ2) is 7.40. The van der Waals surface area contributed by atoms with Gasteiger partial charge in [-0.2, -0.15) is 0 Å². The lowest BCUT2D eigenvalue weighted by Crippen LogP contribution is -2.14.